The minimum atomic E-state index is -0.282. The maximum Gasteiger partial charge on any atom is 0.258 e. The molecule has 2 aromatic carbocycles. The maximum atomic E-state index is 12.8. The number of benzene rings is 2. The molecule has 0 saturated heterocycles. The van der Waals surface area contributed by atoms with E-state index in [1.165, 1.54) is 5.57 Å². The summed E-state index contributed by atoms with van der Waals surface area (Å²) >= 11 is 6.04. The number of aromatic nitrogens is 2. The first kappa shape index (κ1) is 22.6. The smallest absolute Gasteiger partial charge is 0.258 e. The monoisotopic (exact) mass is 459 g/mol. The fraction of sp³-hybridized carbons (Fsp3) is 0.192. The standard InChI is InChI=1S/C26H26ClN5O/c1-18-5-7-20(8-6-18)21-9-11-24(12-10-21)31-26(28-14-13-19-16-29-30-17-19)32-25(33)22-3-2-4-23(27)15-22/h2-5,7-12,15-18H,6,13-14H2,1H3,(H,29,30)(H2,28,31,32,33). The number of anilines is 1. The average Bonchev–Trinajstić information content (AvgIpc) is 3.34. The van der Waals surface area contributed by atoms with Crippen LogP contribution in [0.4, 0.5) is 5.69 Å². The number of halogens is 1. The molecule has 0 aliphatic heterocycles. The van der Waals surface area contributed by atoms with Crippen LogP contribution in [-0.4, -0.2) is 28.6 Å². The summed E-state index contributed by atoms with van der Waals surface area (Å²) in [6.45, 7) is 2.70. The van der Waals surface area contributed by atoms with Gasteiger partial charge in [0.15, 0.2) is 0 Å². The summed E-state index contributed by atoms with van der Waals surface area (Å²) in [6.07, 6.45) is 12.0. The van der Waals surface area contributed by atoms with Crippen LogP contribution in [0.3, 0.4) is 0 Å². The molecular weight excluding hydrogens is 434 g/mol. The Balaban J connectivity index is 1.47. The third-order valence-corrected chi connectivity index (χ3v) is 5.57. The Kier molecular flexibility index (Phi) is 7.37. The molecule has 6 nitrogen and oxygen atoms in total. The number of allylic oxidation sites excluding steroid dienone is 4. The average molecular weight is 460 g/mol. The topological polar surface area (TPSA) is 82.2 Å². The van der Waals surface area contributed by atoms with Gasteiger partial charge in [-0.1, -0.05) is 55.0 Å². The van der Waals surface area contributed by atoms with Gasteiger partial charge in [-0.2, -0.15) is 5.10 Å². The number of nitrogens with zero attached hydrogens (tertiary/aromatic N) is 2. The van der Waals surface area contributed by atoms with Gasteiger partial charge in [-0.05, 0) is 65.8 Å². The molecule has 0 fully saturated rings. The summed E-state index contributed by atoms with van der Waals surface area (Å²) in [6, 6.07) is 14.9. The zero-order valence-electron chi connectivity index (χ0n) is 18.4. The van der Waals surface area contributed by atoms with Gasteiger partial charge in [0.1, 0.15) is 0 Å². The van der Waals surface area contributed by atoms with E-state index in [2.05, 4.69) is 63.1 Å². The lowest BCUT2D eigenvalue weighted by molar-refractivity contribution is 0.0977. The first-order chi connectivity index (χ1) is 16.1. The van der Waals surface area contributed by atoms with E-state index in [0.29, 0.717) is 35.4 Å². The van der Waals surface area contributed by atoms with Gasteiger partial charge in [0, 0.05) is 29.0 Å². The molecule has 168 valence electrons. The molecule has 0 spiro atoms. The third-order valence-electron chi connectivity index (χ3n) is 5.34. The van der Waals surface area contributed by atoms with Crippen LogP contribution in [0, 0.1) is 5.92 Å². The first-order valence-electron chi connectivity index (χ1n) is 10.9. The van der Waals surface area contributed by atoms with Crippen LogP contribution in [0.5, 0.6) is 0 Å². The second-order valence-corrected chi connectivity index (χ2v) is 8.42. The Morgan fingerprint density at radius 2 is 2.09 bits per heavy atom. The first-order valence-corrected chi connectivity index (χ1v) is 11.3. The van der Waals surface area contributed by atoms with E-state index in [-0.39, 0.29) is 5.91 Å². The number of nitrogens with one attached hydrogen (secondary N) is 3. The van der Waals surface area contributed by atoms with E-state index in [1.54, 1.807) is 30.5 Å². The highest BCUT2D eigenvalue weighted by Gasteiger charge is 2.11. The van der Waals surface area contributed by atoms with Crippen molar-refractivity contribution in [3.63, 3.8) is 0 Å². The molecule has 1 heterocycles. The van der Waals surface area contributed by atoms with E-state index in [4.69, 9.17) is 11.6 Å². The number of carbonyl (C=O) groups excluding carboxylic acids is 1. The lowest BCUT2D eigenvalue weighted by atomic mass is 9.94. The normalized spacial score (nSPS) is 15.8. The molecular formula is C26H26ClN5O. The van der Waals surface area contributed by atoms with Crippen LogP contribution in [0.2, 0.25) is 5.02 Å². The van der Waals surface area contributed by atoms with Crippen molar-refractivity contribution in [1.29, 1.82) is 0 Å². The Hall–Kier alpha value is -3.64. The largest absolute Gasteiger partial charge is 0.326 e. The van der Waals surface area contributed by atoms with Crippen LogP contribution < -0.4 is 10.6 Å². The van der Waals surface area contributed by atoms with E-state index in [1.807, 2.05) is 18.3 Å². The number of hydrogen-bond acceptors (Lipinski definition) is 3. The number of amides is 1. The quantitative estimate of drug-likeness (QED) is 0.337. The number of rotatable bonds is 6. The SMILES string of the molecule is CC1C=CC(c2ccc(NC(=NCCc3cn[nH]c3)NC(=O)c3cccc(Cl)c3)cc2)=CC1. The van der Waals surface area contributed by atoms with Crippen molar-refractivity contribution in [3.8, 4) is 0 Å². The predicted octanol–water partition coefficient (Wildman–Crippen LogP) is 5.48. The Labute approximate surface area is 198 Å². The van der Waals surface area contributed by atoms with E-state index in [0.717, 1.165) is 23.2 Å². The van der Waals surface area contributed by atoms with Gasteiger partial charge in [0.05, 0.1) is 6.20 Å². The van der Waals surface area contributed by atoms with Gasteiger partial charge in [0.25, 0.3) is 5.91 Å². The van der Waals surface area contributed by atoms with Gasteiger partial charge in [0.2, 0.25) is 5.96 Å². The lowest BCUT2D eigenvalue weighted by Gasteiger charge is -2.14. The minimum Gasteiger partial charge on any atom is -0.326 e. The zero-order chi connectivity index (χ0) is 23.0. The molecule has 4 rings (SSSR count). The van der Waals surface area contributed by atoms with Gasteiger partial charge in [-0.15, -0.1) is 0 Å². The van der Waals surface area contributed by atoms with Crippen LogP contribution in [0.25, 0.3) is 5.57 Å². The molecule has 3 N–H and O–H groups in total. The highest BCUT2D eigenvalue weighted by atomic mass is 35.5. The summed E-state index contributed by atoms with van der Waals surface area (Å²) in [5.74, 6) is 0.677. The van der Waals surface area contributed by atoms with Gasteiger partial charge in [-0.3, -0.25) is 20.2 Å². The molecule has 0 saturated carbocycles. The van der Waals surface area contributed by atoms with Crippen molar-refractivity contribution < 1.29 is 4.79 Å². The molecule has 1 aliphatic rings. The second-order valence-electron chi connectivity index (χ2n) is 7.99. The molecule has 1 aliphatic carbocycles. The van der Waals surface area contributed by atoms with E-state index < -0.39 is 0 Å². The number of carbonyl (C=O) groups is 1. The molecule has 1 amide bonds. The van der Waals surface area contributed by atoms with Gasteiger partial charge < -0.3 is 5.32 Å². The summed E-state index contributed by atoms with van der Waals surface area (Å²) in [4.78, 5) is 17.3. The number of hydrogen-bond donors (Lipinski definition) is 3. The molecule has 0 bridgehead atoms. The summed E-state index contributed by atoms with van der Waals surface area (Å²) in [7, 11) is 0. The zero-order valence-corrected chi connectivity index (χ0v) is 19.1. The van der Waals surface area contributed by atoms with Crippen molar-refractivity contribution in [2.75, 3.05) is 11.9 Å². The summed E-state index contributed by atoms with van der Waals surface area (Å²) in [5, 5.41) is 13.4. The van der Waals surface area contributed by atoms with Crippen molar-refractivity contribution in [2.45, 2.75) is 19.8 Å². The van der Waals surface area contributed by atoms with E-state index >= 15 is 0 Å². The number of aliphatic imine (C=N–C) groups is 1. The van der Waals surface area contributed by atoms with Crippen LogP contribution in [0.15, 0.2) is 84.1 Å². The van der Waals surface area contributed by atoms with Gasteiger partial charge >= 0.3 is 0 Å². The fourth-order valence-electron chi connectivity index (χ4n) is 3.46. The predicted molar refractivity (Wildman–Crippen MR) is 134 cm³/mol. The molecule has 1 unspecified atom stereocenters. The van der Waals surface area contributed by atoms with Crippen molar-refractivity contribution in [3.05, 3.63) is 101 Å². The Morgan fingerprint density at radius 3 is 2.79 bits per heavy atom. The van der Waals surface area contributed by atoms with Crippen molar-refractivity contribution in [2.24, 2.45) is 10.9 Å². The molecule has 3 aromatic rings. The van der Waals surface area contributed by atoms with Crippen LogP contribution >= 0.6 is 11.6 Å². The lowest BCUT2D eigenvalue weighted by Crippen LogP contribution is -2.36. The van der Waals surface area contributed by atoms with Crippen molar-refractivity contribution in [1.82, 2.24) is 15.5 Å². The third kappa shape index (κ3) is 6.43. The number of aromatic amines is 1. The Bertz CT molecular complexity index is 1180. The molecule has 1 atom stereocenters. The highest BCUT2D eigenvalue weighted by molar-refractivity contribution is 6.31. The number of H-pyrrole nitrogens is 1. The Morgan fingerprint density at radius 1 is 1.24 bits per heavy atom. The highest BCUT2D eigenvalue weighted by Crippen LogP contribution is 2.25. The summed E-state index contributed by atoms with van der Waals surface area (Å²) in [5.41, 5.74) is 4.73. The van der Waals surface area contributed by atoms with Crippen molar-refractivity contribution >= 4 is 34.7 Å². The van der Waals surface area contributed by atoms with Crippen LogP contribution in [0.1, 0.15) is 34.8 Å². The fourth-order valence-corrected chi connectivity index (χ4v) is 3.65. The second kappa shape index (κ2) is 10.8. The summed E-state index contributed by atoms with van der Waals surface area (Å²) < 4.78 is 0. The molecule has 7 heteroatoms. The molecule has 33 heavy (non-hydrogen) atoms. The maximum absolute atomic E-state index is 12.8. The minimum absolute atomic E-state index is 0.282. The van der Waals surface area contributed by atoms with E-state index in [9.17, 15) is 4.79 Å². The van der Waals surface area contributed by atoms with Gasteiger partial charge in [-0.25, -0.2) is 0 Å². The van der Waals surface area contributed by atoms with Crippen LogP contribution in [-0.2, 0) is 6.42 Å². The molecule has 1 aromatic heterocycles. The molecule has 0 radical (unpaired) electrons. The number of guanidine groups is 1.